The second-order valence-corrected chi connectivity index (χ2v) is 5.29. The molecule has 0 rings (SSSR count). The third-order valence-electron chi connectivity index (χ3n) is 1.54. The number of hydrogen-bond donors (Lipinski definition) is 1. The lowest BCUT2D eigenvalue weighted by atomic mass is 10.2. The van der Waals surface area contributed by atoms with Gasteiger partial charge in [0.05, 0.1) is 0 Å². The van der Waals surface area contributed by atoms with Gasteiger partial charge in [0.2, 0.25) is 0 Å². The fraction of sp³-hybridized carbons (Fsp3) is 0.556. The molecule has 0 aliphatic rings. The summed E-state index contributed by atoms with van der Waals surface area (Å²) in [5.74, 6) is -0.956. The van der Waals surface area contributed by atoms with E-state index in [4.69, 9.17) is 10.5 Å². The van der Waals surface area contributed by atoms with Crippen LogP contribution in [0.15, 0.2) is 12.7 Å². The van der Waals surface area contributed by atoms with E-state index in [0.29, 0.717) is 0 Å². The van der Waals surface area contributed by atoms with Gasteiger partial charge in [0.15, 0.2) is 0 Å². The van der Waals surface area contributed by atoms with Gasteiger partial charge in [0.25, 0.3) is 0 Å². The molecule has 0 aromatic carbocycles. The Hall–Kier alpha value is -0.630. The summed E-state index contributed by atoms with van der Waals surface area (Å²) < 4.78 is 8.74. The summed E-state index contributed by atoms with van der Waals surface area (Å²) in [6.45, 7) is 5.14. The summed E-state index contributed by atoms with van der Waals surface area (Å²) in [6.07, 6.45) is 1.05. The van der Waals surface area contributed by atoms with E-state index in [1.807, 2.05) is 22.6 Å². The Morgan fingerprint density at radius 2 is 2.00 bits per heavy atom. The second-order valence-electron chi connectivity index (χ2n) is 2.91. The molecule has 0 heterocycles. The summed E-state index contributed by atoms with van der Waals surface area (Å²) >= 11 is 1.91. The summed E-state index contributed by atoms with van der Waals surface area (Å²) in [4.78, 5) is 21.9. The van der Waals surface area contributed by atoms with Gasteiger partial charge in [-0.2, -0.15) is 0 Å². The Morgan fingerprint density at radius 3 is 2.47 bits per heavy atom. The molecule has 0 bridgehead atoms. The Balaban J connectivity index is 3.73. The molecule has 5 nitrogen and oxygen atoms in total. The third kappa shape index (κ3) is 5.73. The van der Waals surface area contributed by atoms with Crippen molar-refractivity contribution in [2.75, 3.05) is 19.8 Å². The maximum atomic E-state index is 11.3. The van der Waals surface area contributed by atoms with Crippen LogP contribution in [0.1, 0.15) is 6.92 Å². The molecule has 1 unspecified atom stereocenters. The number of rotatable bonds is 6. The van der Waals surface area contributed by atoms with Crippen LogP contribution in [-0.4, -0.2) is 35.1 Å². The number of carbonyl (C=O) groups excluding carboxylic acids is 2. The molecule has 6 heteroatoms. The van der Waals surface area contributed by atoms with Gasteiger partial charge in [-0.25, -0.2) is 4.79 Å². The molecule has 0 amide bonds. The molecular formula is C9H14INO4. The topological polar surface area (TPSA) is 78.6 Å². The first kappa shape index (κ1) is 14.4. The zero-order valence-electron chi connectivity index (χ0n) is 8.49. The van der Waals surface area contributed by atoms with Gasteiger partial charge >= 0.3 is 11.9 Å². The molecule has 0 radical (unpaired) electrons. The number of nitrogens with two attached hydrogens (primary N) is 1. The van der Waals surface area contributed by atoms with Crippen molar-refractivity contribution in [2.45, 2.75) is 10.3 Å². The summed E-state index contributed by atoms with van der Waals surface area (Å²) in [7, 11) is 0. The third-order valence-corrected chi connectivity index (χ3v) is 2.42. The van der Waals surface area contributed by atoms with Gasteiger partial charge in [-0.05, 0) is 6.92 Å². The summed E-state index contributed by atoms with van der Waals surface area (Å²) in [5.41, 5.74) is 5.37. The predicted octanol–water partition coefficient (Wildman–Crippen LogP) is 0.411. The van der Waals surface area contributed by atoms with Crippen molar-refractivity contribution in [3.8, 4) is 0 Å². The first-order valence-electron chi connectivity index (χ1n) is 4.29. The number of hydrogen-bond acceptors (Lipinski definition) is 5. The van der Waals surface area contributed by atoms with E-state index in [0.717, 1.165) is 6.08 Å². The first-order chi connectivity index (χ1) is 6.94. The minimum Gasteiger partial charge on any atom is -0.461 e. The van der Waals surface area contributed by atoms with E-state index >= 15 is 0 Å². The predicted molar refractivity (Wildman–Crippen MR) is 63.6 cm³/mol. The van der Waals surface area contributed by atoms with Gasteiger partial charge in [0.1, 0.15) is 16.6 Å². The monoisotopic (exact) mass is 327 g/mol. The van der Waals surface area contributed by atoms with Gasteiger partial charge < -0.3 is 15.2 Å². The number of alkyl halides is 1. The highest BCUT2D eigenvalue weighted by molar-refractivity contribution is 14.1. The largest absolute Gasteiger partial charge is 0.461 e. The van der Waals surface area contributed by atoms with Crippen molar-refractivity contribution in [1.82, 2.24) is 0 Å². The Bertz CT molecular complexity index is 252. The molecule has 0 aliphatic heterocycles. The molecule has 1 atom stereocenters. The van der Waals surface area contributed by atoms with Crippen LogP contribution in [-0.2, 0) is 19.1 Å². The number of esters is 2. The van der Waals surface area contributed by atoms with E-state index in [9.17, 15) is 9.59 Å². The Kier molecular flexibility index (Phi) is 6.50. The van der Waals surface area contributed by atoms with E-state index in [2.05, 4.69) is 11.3 Å². The molecule has 0 saturated heterocycles. The molecule has 0 saturated carbocycles. The van der Waals surface area contributed by atoms with E-state index in [1.54, 1.807) is 6.92 Å². The zero-order valence-corrected chi connectivity index (χ0v) is 10.7. The van der Waals surface area contributed by atoms with Crippen LogP contribution in [0.2, 0.25) is 0 Å². The Morgan fingerprint density at radius 1 is 1.47 bits per heavy atom. The zero-order chi connectivity index (χ0) is 11.9. The van der Waals surface area contributed by atoms with Crippen LogP contribution >= 0.6 is 22.6 Å². The van der Waals surface area contributed by atoms with Gasteiger partial charge in [-0.1, -0.05) is 29.2 Å². The smallest absolute Gasteiger partial charge is 0.330 e. The Labute approximate surface area is 102 Å². The molecule has 2 N–H and O–H groups in total. The van der Waals surface area contributed by atoms with Crippen LogP contribution in [0.25, 0.3) is 0 Å². The maximum Gasteiger partial charge on any atom is 0.330 e. The van der Waals surface area contributed by atoms with E-state index in [1.165, 1.54) is 0 Å². The fourth-order valence-electron chi connectivity index (χ4n) is 0.569. The number of ether oxygens (including phenoxy) is 2. The van der Waals surface area contributed by atoms with Gasteiger partial charge in [0, 0.05) is 12.6 Å². The van der Waals surface area contributed by atoms with Crippen molar-refractivity contribution in [3.05, 3.63) is 12.7 Å². The van der Waals surface area contributed by atoms with Crippen LogP contribution in [0.3, 0.4) is 0 Å². The molecule has 0 aromatic rings. The van der Waals surface area contributed by atoms with Gasteiger partial charge in [-0.3, -0.25) is 4.79 Å². The van der Waals surface area contributed by atoms with Gasteiger partial charge in [-0.15, -0.1) is 0 Å². The lowest BCUT2D eigenvalue weighted by Gasteiger charge is -2.17. The molecule has 0 spiro atoms. The second kappa shape index (κ2) is 6.78. The molecule has 86 valence electrons. The number of carbonyl (C=O) groups is 2. The SMILES string of the molecule is C=CC(=O)OCCOC(=O)C(C)(I)CN. The fourth-order valence-corrected chi connectivity index (χ4v) is 0.725. The summed E-state index contributed by atoms with van der Waals surface area (Å²) in [5, 5.41) is 0. The average Bonchev–Trinajstić information content (AvgIpc) is 2.23. The van der Waals surface area contributed by atoms with Crippen molar-refractivity contribution < 1.29 is 19.1 Å². The highest BCUT2D eigenvalue weighted by Crippen LogP contribution is 2.17. The van der Waals surface area contributed by atoms with E-state index in [-0.39, 0.29) is 19.8 Å². The van der Waals surface area contributed by atoms with Crippen LogP contribution in [0, 0.1) is 0 Å². The van der Waals surface area contributed by atoms with Crippen molar-refractivity contribution in [3.63, 3.8) is 0 Å². The molecule has 0 aliphatic carbocycles. The summed E-state index contributed by atoms with van der Waals surface area (Å²) in [6, 6.07) is 0. The highest BCUT2D eigenvalue weighted by atomic mass is 127. The number of halogens is 1. The maximum absolute atomic E-state index is 11.3. The standard InChI is InChI=1S/C9H14INO4/c1-3-7(12)14-4-5-15-8(13)9(2,10)6-11/h3H,1,4-6,11H2,2H3. The lowest BCUT2D eigenvalue weighted by Crippen LogP contribution is -2.38. The average molecular weight is 327 g/mol. The molecule has 0 aromatic heterocycles. The highest BCUT2D eigenvalue weighted by Gasteiger charge is 2.29. The normalized spacial score (nSPS) is 13.8. The molecule has 0 fully saturated rings. The van der Waals surface area contributed by atoms with Crippen molar-refractivity contribution >= 4 is 34.5 Å². The lowest BCUT2D eigenvalue weighted by molar-refractivity contribution is -0.150. The first-order valence-corrected chi connectivity index (χ1v) is 5.37. The van der Waals surface area contributed by atoms with Crippen LogP contribution in [0.5, 0.6) is 0 Å². The molecular weight excluding hydrogens is 313 g/mol. The van der Waals surface area contributed by atoms with Crippen molar-refractivity contribution in [1.29, 1.82) is 0 Å². The van der Waals surface area contributed by atoms with Crippen molar-refractivity contribution in [2.24, 2.45) is 5.73 Å². The quantitative estimate of drug-likeness (QED) is 0.251. The van der Waals surface area contributed by atoms with E-state index < -0.39 is 15.4 Å². The minimum absolute atomic E-state index is 0.0217. The van der Waals surface area contributed by atoms with Crippen LogP contribution < -0.4 is 5.73 Å². The van der Waals surface area contributed by atoms with Crippen LogP contribution in [0.4, 0.5) is 0 Å². The minimum atomic E-state index is -0.736. The molecule has 15 heavy (non-hydrogen) atoms.